The third kappa shape index (κ3) is 3.65. The highest BCUT2D eigenvalue weighted by molar-refractivity contribution is 7.92. The van der Waals surface area contributed by atoms with Gasteiger partial charge in [-0.15, -0.1) is 0 Å². The predicted molar refractivity (Wildman–Crippen MR) is 88.0 cm³/mol. The molecule has 0 amide bonds. The largest absolute Gasteiger partial charge is 0.399 e. The molecule has 0 bridgehead atoms. The summed E-state index contributed by atoms with van der Waals surface area (Å²) in [5.74, 6) is 0.478. The Hall–Kier alpha value is -1.34. The van der Waals surface area contributed by atoms with Gasteiger partial charge in [-0.2, -0.15) is 0 Å². The van der Waals surface area contributed by atoms with Gasteiger partial charge in [0, 0.05) is 5.69 Å². The number of nitrogens with one attached hydrogen (secondary N) is 1. The van der Waals surface area contributed by atoms with Gasteiger partial charge in [0.2, 0.25) is 10.0 Å². The third-order valence-corrected chi connectivity index (χ3v) is 6.31. The van der Waals surface area contributed by atoms with Crippen molar-refractivity contribution >= 4 is 42.4 Å². The van der Waals surface area contributed by atoms with E-state index in [4.69, 9.17) is 5.73 Å². The first-order chi connectivity index (χ1) is 10.0. The van der Waals surface area contributed by atoms with Crippen LogP contribution in [-0.2, 0) is 10.0 Å². The van der Waals surface area contributed by atoms with E-state index in [1.807, 2.05) is 6.07 Å². The monoisotopic (exact) mass is 325 g/mol. The molecule has 1 saturated carbocycles. The summed E-state index contributed by atoms with van der Waals surface area (Å²) >= 11 is 1.32. The maximum Gasteiger partial charge on any atom is 0.234 e. The van der Waals surface area contributed by atoms with Gasteiger partial charge < -0.3 is 5.73 Å². The minimum atomic E-state index is -3.33. The molecule has 0 spiro atoms. The Morgan fingerprint density at radius 3 is 2.81 bits per heavy atom. The second kappa shape index (κ2) is 5.81. The third-order valence-electron chi connectivity index (χ3n) is 3.84. The maximum absolute atomic E-state index is 12.2. The second-order valence-electron chi connectivity index (χ2n) is 5.63. The molecule has 1 heterocycles. The van der Waals surface area contributed by atoms with E-state index in [0.717, 1.165) is 35.9 Å². The van der Waals surface area contributed by atoms with Gasteiger partial charge in [0.1, 0.15) is 0 Å². The van der Waals surface area contributed by atoms with Crippen molar-refractivity contribution < 1.29 is 8.42 Å². The molecule has 2 aromatic rings. The van der Waals surface area contributed by atoms with Crippen molar-refractivity contribution in [1.82, 2.24) is 4.98 Å². The summed E-state index contributed by atoms with van der Waals surface area (Å²) in [5, 5.41) is 0.423. The number of aromatic nitrogens is 1. The van der Waals surface area contributed by atoms with Crippen molar-refractivity contribution in [3.8, 4) is 0 Å². The highest BCUT2D eigenvalue weighted by Crippen LogP contribution is 2.29. The number of nitrogen functional groups attached to an aromatic ring is 1. The number of fused-ring (bicyclic) bond motifs is 1. The minimum Gasteiger partial charge on any atom is -0.399 e. The Kier molecular flexibility index (Phi) is 4.03. The molecular weight excluding hydrogens is 306 g/mol. The van der Waals surface area contributed by atoms with Gasteiger partial charge in [-0.25, -0.2) is 13.4 Å². The van der Waals surface area contributed by atoms with E-state index in [1.54, 1.807) is 12.1 Å². The van der Waals surface area contributed by atoms with Crippen molar-refractivity contribution in [2.24, 2.45) is 5.92 Å². The van der Waals surface area contributed by atoms with Crippen LogP contribution in [0.1, 0.15) is 32.1 Å². The van der Waals surface area contributed by atoms with Crippen LogP contribution in [0.2, 0.25) is 0 Å². The fraction of sp³-hybridized carbons (Fsp3) is 0.500. The van der Waals surface area contributed by atoms with Gasteiger partial charge in [0.15, 0.2) is 5.13 Å². The molecule has 5 nitrogen and oxygen atoms in total. The van der Waals surface area contributed by atoms with Crippen molar-refractivity contribution in [3.05, 3.63) is 18.2 Å². The number of anilines is 2. The normalized spacial score (nSPS) is 17.1. The molecule has 3 N–H and O–H groups in total. The summed E-state index contributed by atoms with van der Waals surface area (Å²) in [4.78, 5) is 4.30. The molecule has 0 atom stereocenters. The number of benzene rings is 1. The topological polar surface area (TPSA) is 85.1 Å². The molecule has 0 saturated heterocycles. The predicted octanol–water partition coefficient (Wildman–Crippen LogP) is 3.20. The van der Waals surface area contributed by atoms with Gasteiger partial charge in [-0.3, -0.25) is 4.72 Å². The Labute approximate surface area is 128 Å². The zero-order valence-electron chi connectivity index (χ0n) is 11.7. The van der Waals surface area contributed by atoms with Crippen LogP contribution < -0.4 is 10.5 Å². The van der Waals surface area contributed by atoms with Crippen molar-refractivity contribution in [3.63, 3.8) is 0 Å². The fourth-order valence-electron chi connectivity index (χ4n) is 2.82. The van der Waals surface area contributed by atoms with Crippen LogP contribution in [0.15, 0.2) is 18.2 Å². The van der Waals surface area contributed by atoms with E-state index >= 15 is 0 Å². The van der Waals surface area contributed by atoms with Crippen LogP contribution in [-0.4, -0.2) is 19.2 Å². The smallest absolute Gasteiger partial charge is 0.234 e. The van der Waals surface area contributed by atoms with Crippen LogP contribution in [0, 0.1) is 5.92 Å². The summed E-state index contributed by atoms with van der Waals surface area (Å²) < 4.78 is 28.0. The molecule has 1 aromatic carbocycles. The Bertz CT molecular complexity index is 734. The number of sulfonamides is 1. The lowest BCUT2D eigenvalue weighted by molar-refractivity contribution is 0.385. The zero-order valence-corrected chi connectivity index (χ0v) is 13.3. The lowest BCUT2D eigenvalue weighted by Gasteiger charge is -2.21. The Morgan fingerprint density at radius 1 is 1.29 bits per heavy atom. The minimum absolute atomic E-state index is 0.199. The number of rotatable bonds is 4. The zero-order chi connectivity index (χ0) is 14.9. The molecule has 1 aliphatic carbocycles. The van der Waals surface area contributed by atoms with E-state index in [1.165, 1.54) is 17.8 Å². The molecule has 3 rings (SSSR count). The standard InChI is InChI=1S/C14H19N3O2S2/c15-11-6-7-12-13(8-11)20-14(16-12)17-21(18,19)9-10-4-2-1-3-5-10/h6-8,10H,1-5,9,15H2,(H,16,17). The van der Waals surface area contributed by atoms with Gasteiger partial charge in [-0.05, 0) is 37.0 Å². The number of hydrogen-bond donors (Lipinski definition) is 2. The first-order valence-electron chi connectivity index (χ1n) is 7.18. The molecule has 1 aliphatic rings. The average Bonchev–Trinajstić information content (AvgIpc) is 2.79. The lowest BCUT2D eigenvalue weighted by Crippen LogP contribution is -2.24. The molecule has 1 aromatic heterocycles. The first-order valence-corrected chi connectivity index (χ1v) is 9.65. The second-order valence-corrected chi connectivity index (χ2v) is 8.43. The van der Waals surface area contributed by atoms with Crippen LogP contribution in [0.3, 0.4) is 0 Å². The Balaban J connectivity index is 1.73. The van der Waals surface area contributed by atoms with Gasteiger partial charge in [0.25, 0.3) is 0 Å². The lowest BCUT2D eigenvalue weighted by atomic mass is 9.91. The molecule has 21 heavy (non-hydrogen) atoms. The number of thiazole rings is 1. The molecule has 1 fully saturated rings. The molecular formula is C14H19N3O2S2. The fourth-order valence-corrected chi connectivity index (χ4v) is 5.49. The van der Waals surface area contributed by atoms with Gasteiger partial charge in [-0.1, -0.05) is 30.6 Å². The number of nitrogens with two attached hydrogens (primary N) is 1. The molecule has 0 radical (unpaired) electrons. The van der Waals surface area contributed by atoms with E-state index in [0.29, 0.717) is 10.8 Å². The first kappa shape index (κ1) is 14.6. The Morgan fingerprint density at radius 2 is 2.05 bits per heavy atom. The molecule has 7 heteroatoms. The van der Waals surface area contributed by atoms with E-state index in [9.17, 15) is 8.42 Å². The van der Waals surface area contributed by atoms with Crippen molar-refractivity contribution in [2.75, 3.05) is 16.2 Å². The summed E-state index contributed by atoms with van der Waals surface area (Å²) in [6.07, 6.45) is 5.53. The summed E-state index contributed by atoms with van der Waals surface area (Å²) in [6, 6.07) is 5.38. The summed E-state index contributed by atoms with van der Waals surface area (Å²) in [7, 11) is -3.33. The van der Waals surface area contributed by atoms with Crippen LogP contribution in [0.5, 0.6) is 0 Å². The van der Waals surface area contributed by atoms with Gasteiger partial charge >= 0.3 is 0 Å². The quantitative estimate of drug-likeness (QED) is 0.845. The molecule has 0 aliphatic heterocycles. The number of hydrogen-bond acceptors (Lipinski definition) is 5. The highest BCUT2D eigenvalue weighted by atomic mass is 32.2. The molecule has 114 valence electrons. The van der Waals surface area contributed by atoms with Gasteiger partial charge in [0.05, 0.1) is 16.0 Å². The maximum atomic E-state index is 12.2. The molecule has 0 unspecified atom stereocenters. The van der Waals surface area contributed by atoms with Crippen LogP contribution >= 0.6 is 11.3 Å². The SMILES string of the molecule is Nc1ccc2nc(NS(=O)(=O)CC3CCCCC3)sc2c1. The average molecular weight is 325 g/mol. The van der Waals surface area contributed by atoms with E-state index in [-0.39, 0.29) is 11.7 Å². The van der Waals surface area contributed by atoms with Crippen molar-refractivity contribution in [1.29, 1.82) is 0 Å². The van der Waals surface area contributed by atoms with E-state index in [2.05, 4.69) is 9.71 Å². The number of nitrogens with zero attached hydrogens (tertiary/aromatic N) is 1. The van der Waals surface area contributed by atoms with Crippen LogP contribution in [0.25, 0.3) is 10.2 Å². The summed E-state index contributed by atoms with van der Waals surface area (Å²) in [6.45, 7) is 0. The highest BCUT2D eigenvalue weighted by Gasteiger charge is 2.22. The van der Waals surface area contributed by atoms with Crippen molar-refractivity contribution in [2.45, 2.75) is 32.1 Å². The summed E-state index contributed by atoms with van der Waals surface area (Å²) in [5.41, 5.74) is 7.15. The van der Waals surface area contributed by atoms with E-state index < -0.39 is 10.0 Å². The van der Waals surface area contributed by atoms with Crippen LogP contribution in [0.4, 0.5) is 10.8 Å².